The predicted molar refractivity (Wildman–Crippen MR) is 115 cm³/mol. The van der Waals surface area contributed by atoms with Crippen LogP contribution in [-0.2, 0) is 18.5 Å². The first kappa shape index (κ1) is 20.5. The minimum Gasteiger partial charge on any atom is -0.390 e. The summed E-state index contributed by atoms with van der Waals surface area (Å²) in [6, 6.07) is 12.7. The lowest BCUT2D eigenvalue weighted by molar-refractivity contribution is -0.138. The summed E-state index contributed by atoms with van der Waals surface area (Å²) < 4.78 is 11.3. The van der Waals surface area contributed by atoms with Crippen LogP contribution in [0.4, 0.5) is 5.69 Å². The largest absolute Gasteiger partial charge is 0.390 e. The fourth-order valence-corrected chi connectivity index (χ4v) is 6.06. The van der Waals surface area contributed by atoms with Crippen LogP contribution in [-0.4, -0.2) is 40.8 Å². The maximum absolute atomic E-state index is 13.7. The number of amides is 2. The Morgan fingerprint density at radius 2 is 1.94 bits per heavy atom. The van der Waals surface area contributed by atoms with E-state index in [1.165, 1.54) is 4.90 Å². The van der Waals surface area contributed by atoms with E-state index in [4.69, 9.17) is 8.92 Å². The van der Waals surface area contributed by atoms with Crippen molar-refractivity contribution >= 4 is 41.2 Å². The zero-order valence-electron chi connectivity index (χ0n) is 16.9. The zero-order valence-corrected chi connectivity index (χ0v) is 17.8. The van der Waals surface area contributed by atoms with Gasteiger partial charge in [-0.3, -0.25) is 9.59 Å². The smallest absolute Gasteiger partial charge is 0.240 e. The lowest BCUT2D eigenvalue weighted by atomic mass is 9.64. The molecule has 3 heterocycles. The van der Waals surface area contributed by atoms with Crippen LogP contribution in [0.3, 0.4) is 0 Å². The SMILES string of the molecule is CCC12C[C@@H](O)C(CCOS)(O1)[C@H]1C(=O)N(c3ccc(C#N)c4ccccc34)C(=O)[C@H]12. The van der Waals surface area contributed by atoms with Crippen molar-refractivity contribution in [3.05, 3.63) is 42.0 Å². The molecule has 3 aliphatic heterocycles. The Labute approximate surface area is 185 Å². The van der Waals surface area contributed by atoms with Crippen molar-refractivity contribution in [3.8, 4) is 6.07 Å². The molecule has 2 bridgehead atoms. The molecule has 7 nitrogen and oxygen atoms in total. The second-order valence-corrected chi connectivity index (χ2v) is 8.79. The highest BCUT2D eigenvalue weighted by atomic mass is 32.1. The lowest BCUT2D eigenvalue weighted by Gasteiger charge is -2.35. The molecule has 3 aliphatic rings. The molecule has 0 radical (unpaired) electrons. The zero-order chi connectivity index (χ0) is 22.0. The number of ether oxygens (including phenoxy) is 1. The number of benzene rings is 2. The van der Waals surface area contributed by atoms with Gasteiger partial charge in [0.2, 0.25) is 11.8 Å². The van der Waals surface area contributed by atoms with E-state index in [2.05, 4.69) is 19.0 Å². The summed E-state index contributed by atoms with van der Waals surface area (Å²) in [6.45, 7) is 2.10. The number of hydrogen-bond acceptors (Lipinski definition) is 7. The number of aliphatic hydroxyl groups is 1. The molecule has 0 spiro atoms. The van der Waals surface area contributed by atoms with Crippen molar-refractivity contribution < 1.29 is 23.6 Å². The van der Waals surface area contributed by atoms with E-state index in [0.29, 0.717) is 34.9 Å². The topological polar surface area (TPSA) is 99.9 Å². The molecule has 0 aliphatic carbocycles. The third-order valence-electron chi connectivity index (χ3n) is 7.34. The van der Waals surface area contributed by atoms with Gasteiger partial charge in [-0.1, -0.05) is 31.2 Å². The van der Waals surface area contributed by atoms with Crippen LogP contribution >= 0.6 is 12.9 Å². The van der Waals surface area contributed by atoms with Gasteiger partial charge in [0, 0.05) is 23.6 Å². The first-order chi connectivity index (χ1) is 14.9. The van der Waals surface area contributed by atoms with Crippen LogP contribution in [0.2, 0.25) is 0 Å². The molecule has 3 fully saturated rings. The van der Waals surface area contributed by atoms with Crippen molar-refractivity contribution in [1.82, 2.24) is 0 Å². The Bertz CT molecular complexity index is 1150. The van der Waals surface area contributed by atoms with Crippen molar-refractivity contribution in [2.45, 2.75) is 43.5 Å². The Morgan fingerprint density at radius 3 is 2.61 bits per heavy atom. The number of aliphatic hydroxyl groups excluding tert-OH is 1. The van der Waals surface area contributed by atoms with Crippen LogP contribution in [0.25, 0.3) is 10.8 Å². The first-order valence-corrected chi connectivity index (χ1v) is 10.7. The highest BCUT2D eigenvalue weighted by Gasteiger charge is 2.77. The van der Waals surface area contributed by atoms with Gasteiger partial charge in [-0.25, -0.2) is 4.90 Å². The van der Waals surface area contributed by atoms with Crippen LogP contribution in [0.5, 0.6) is 0 Å². The maximum atomic E-state index is 13.7. The van der Waals surface area contributed by atoms with Gasteiger partial charge in [0.05, 0.1) is 47.5 Å². The lowest BCUT2D eigenvalue weighted by Crippen LogP contribution is -2.51. The minimum atomic E-state index is -1.17. The normalized spacial score (nSPS) is 33.9. The van der Waals surface area contributed by atoms with Gasteiger partial charge in [-0.2, -0.15) is 5.26 Å². The number of rotatable bonds is 5. The van der Waals surface area contributed by atoms with Crippen molar-refractivity contribution in [2.75, 3.05) is 11.5 Å². The molecule has 5 rings (SSSR count). The van der Waals surface area contributed by atoms with Gasteiger partial charge in [0.15, 0.2) is 0 Å². The van der Waals surface area contributed by atoms with Crippen LogP contribution in [0.1, 0.15) is 31.7 Å². The van der Waals surface area contributed by atoms with E-state index in [9.17, 15) is 20.0 Å². The Balaban J connectivity index is 1.66. The third-order valence-corrected chi connectivity index (χ3v) is 7.52. The average molecular weight is 439 g/mol. The van der Waals surface area contributed by atoms with E-state index >= 15 is 0 Å². The van der Waals surface area contributed by atoms with Gasteiger partial charge < -0.3 is 14.0 Å². The molecule has 3 saturated heterocycles. The molecule has 8 heteroatoms. The molecular formula is C23H22N2O5S. The number of anilines is 1. The third kappa shape index (κ3) is 2.52. The summed E-state index contributed by atoms with van der Waals surface area (Å²) in [7, 11) is 0. The number of carbonyl (C=O) groups is 2. The fourth-order valence-electron chi connectivity index (χ4n) is 5.97. The molecule has 2 unspecified atom stereocenters. The summed E-state index contributed by atoms with van der Waals surface area (Å²) >= 11 is 3.80. The van der Waals surface area contributed by atoms with Gasteiger partial charge in [-0.15, -0.1) is 0 Å². The van der Waals surface area contributed by atoms with E-state index in [1.54, 1.807) is 24.3 Å². The molecule has 2 aromatic carbocycles. The molecule has 2 aromatic rings. The fraction of sp³-hybridized carbons (Fsp3) is 0.435. The number of imide groups is 1. The number of fused-ring (bicyclic) bond motifs is 6. The first-order valence-electron chi connectivity index (χ1n) is 10.4. The van der Waals surface area contributed by atoms with Gasteiger partial charge >= 0.3 is 0 Å². The molecule has 5 atom stereocenters. The summed E-state index contributed by atoms with van der Waals surface area (Å²) in [5.74, 6) is -2.14. The highest BCUT2D eigenvalue weighted by molar-refractivity contribution is 7.75. The molecule has 0 aromatic heterocycles. The summed E-state index contributed by atoms with van der Waals surface area (Å²) in [6.07, 6.45) is 0.210. The number of carbonyl (C=O) groups excluding carboxylic acids is 2. The second kappa shape index (κ2) is 7.04. The molecule has 2 amide bonds. The molecule has 160 valence electrons. The van der Waals surface area contributed by atoms with E-state index < -0.39 is 29.1 Å². The van der Waals surface area contributed by atoms with E-state index in [1.807, 2.05) is 19.1 Å². The number of thiol groups is 1. The molecule has 0 saturated carbocycles. The monoisotopic (exact) mass is 438 g/mol. The number of nitriles is 1. The Morgan fingerprint density at radius 1 is 1.23 bits per heavy atom. The van der Waals surface area contributed by atoms with Crippen molar-refractivity contribution in [2.24, 2.45) is 11.8 Å². The highest BCUT2D eigenvalue weighted by Crippen LogP contribution is 2.63. The molecular weight excluding hydrogens is 416 g/mol. The minimum absolute atomic E-state index is 0.185. The van der Waals surface area contributed by atoms with Crippen LogP contribution < -0.4 is 4.90 Å². The second-order valence-electron chi connectivity index (χ2n) is 8.54. The maximum Gasteiger partial charge on any atom is 0.240 e. The molecule has 31 heavy (non-hydrogen) atoms. The summed E-state index contributed by atoms with van der Waals surface area (Å²) in [5.41, 5.74) is -1.12. The Hall–Kier alpha value is -2.44. The quantitative estimate of drug-likeness (QED) is 0.423. The van der Waals surface area contributed by atoms with Gasteiger partial charge in [0.25, 0.3) is 0 Å². The van der Waals surface area contributed by atoms with Gasteiger partial charge in [-0.05, 0) is 31.5 Å². The van der Waals surface area contributed by atoms with E-state index in [0.717, 1.165) is 0 Å². The predicted octanol–water partition coefficient (Wildman–Crippen LogP) is 2.75. The standard InChI is InChI=1S/C23H22N2O5S/c1-2-22-11-17(26)23(30-22,9-10-29-31)19-18(22)20(27)25(21(19)28)16-8-7-13(12-24)14-5-3-4-6-15(14)16/h3-8,17-19,26,31H,2,9-11H2,1H3/t17-,18+,19-,22?,23?/m1/s1. The molecule has 1 N–H and O–H groups in total. The van der Waals surface area contributed by atoms with E-state index in [-0.39, 0.29) is 24.8 Å². The van der Waals surface area contributed by atoms with Crippen molar-refractivity contribution in [1.29, 1.82) is 5.26 Å². The number of hydrogen-bond donors (Lipinski definition) is 2. The average Bonchev–Trinajstić information content (AvgIpc) is 3.35. The summed E-state index contributed by atoms with van der Waals surface area (Å²) in [4.78, 5) is 28.7. The Kier molecular flexibility index (Phi) is 4.65. The van der Waals surface area contributed by atoms with Gasteiger partial charge in [0.1, 0.15) is 5.60 Å². The van der Waals surface area contributed by atoms with Crippen LogP contribution in [0.15, 0.2) is 36.4 Å². The number of nitrogens with zero attached hydrogens (tertiary/aromatic N) is 2. The summed E-state index contributed by atoms with van der Waals surface area (Å²) in [5, 5.41) is 21.7. The van der Waals surface area contributed by atoms with Crippen molar-refractivity contribution in [3.63, 3.8) is 0 Å². The van der Waals surface area contributed by atoms with Crippen LogP contribution in [0, 0.1) is 23.2 Å².